The Labute approximate surface area is 100 Å². The number of benzene rings is 1. The van der Waals surface area contributed by atoms with Crippen LogP contribution < -0.4 is 5.73 Å². The summed E-state index contributed by atoms with van der Waals surface area (Å²) >= 11 is 0. The second-order valence-electron chi connectivity index (χ2n) is 4.11. The van der Waals surface area contributed by atoms with Crippen LogP contribution in [0.2, 0.25) is 0 Å². The van der Waals surface area contributed by atoms with Crippen molar-refractivity contribution in [1.82, 2.24) is 0 Å². The first-order valence-electron chi connectivity index (χ1n) is 5.41. The largest absolute Gasteiger partial charge is 0.480 e. The summed E-state index contributed by atoms with van der Waals surface area (Å²) in [6.07, 6.45) is 3.49. The van der Waals surface area contributed by atoms with Crippen molar-refractivity contribution in [3.05, 3.63) is 36.8 Å². The zero-order chi connectivity index (χ0) is 12.8. The van der Waals surface area contributed by atoms with Crippen molar-refractivity contribution in [3.8, 4) is 0 Å². The predicted octanol–water partition coefficient (Wildman–Crippen LogP) is 2.49. The molecule has 4 nitrogen and oxygen atoms in total. The van der Waals surface area contributed by atoms with Crippen LogP contribution in [0, 0.1) is 5.92 Å². The van der Waals surface area contributed by atoms with Gasteiger partial charge in [0.15, 0.2) is 0 Å². The van der Waals surface area contributed by atoms with Crippen LogP contribution in [-0.2, 0) is 4.79 Å². The molecule has 4 heteroatoms. The number of rotatable bonds is 2. The van der Waals surface area contributed by atoms with Crippen molar-refractivity contribution in [2.75, 3.05) is 0 Å². The Morgan fingerprint density at radius 3 is 2.00 bits per heavy atom. The summed E-state index contributed by atoms with van der Waals surface area (Å²) in [5, 5.41) is 10.6. The number of hydrogen-bond acceptors (Lipinski definition) is 3. The molecule has 0 radical (unpaired) electrons. The molecule has 0 aliphatic carbocycles. The fourth-order valence-corrected chi connectivity index (χ4v) is 1.19. The molecular weight excluding hydrogens is 218 g/mol. The quantitative estimate of drug-likeness (QED) is 0.838. The molecule has 92 valence electrons. The first-order chi connectivity index (χ1) is 8.02. The topological polar surface area (TPSA) is 76.5 Å². The minimum atomic E-state index is -0.931. The Morgan fingerprint density at radius 1 is 1.24 bits per heavy atom. The predicted molar refractivity (Wildman–Crippen MR) is 66.7 cm³/mol. The molecule has 0 aliphatic heterocycles. The van der Waals surface area contributed by atoms with Crippen LogP contribution in [0.4, 0.5) is 0 Å². The summed E-state index contributed by atoms with van der Waals surface area (Å²) in [5.74, 6) is -0.910. The Bertz CT molecular complexity index is 446. The third kappa shape index (κ3) is 3.92. The van der Waals surface area contributed by atoms with E-state index < -0.39 is 12.0 Å². The van der Waals surface area contributed by atoms with E-state index in [2.05, 4.69) is 0 Å². The van der Waals surface area contributed by atoms with Crippen LogP contribution in [0.5, 0.6) is 0 Å². The summed E-state index contributed by atoms with van der Waals surface area (Å²) in [4.78, 5) is 10.0. The molecule has 1 aromatic heterocycles. The summed E-state index contributed by atoms with van der Waals surface area (Å²) in [6.45, 7) is 3.55. The second-order valence-corrected chi connectivity index (χ2v) is 4.11. The molecule has 0 saturated carbocycles. The first kappa shape index (κ1) is 13.3. The highest BCUT2D eigenvalue weighted by atomic mass is 16.4. The maximum absolute atomic E-state index is 10.0. The van der Waals surface area contributed by atoms with Gasteiger partial charge in [-0.05, 0) is 5.92 Å². The van der Waals surface area contributed by atoms with E-state index in [-0.39, 0.29) is 5.92 Å². The number of carbonyl (C=O) groups is 1. The number of aliphatic carboxylic acids is 1. The number of carboxylic acids is 1. The van der Waals surface area contributed by atoms with Gasteiger partial charge in [0.25, 0.3) is 0 Å². The lowest BCUT2D eigenvalue weighted by atomic mass is 10.1. The van der Waals surface area contributed by atoms with Crippen molar-refractivity contribution in [1.29, 1.82) is 0 Å². The molecule has 0 amide bonds. The van der Waals surface area contributed by atoms with Gasteiger partial charge in [0, 0.05) is 10.8 Å². The molecule has 0 aliphatic rings. The van der Waals surface area contributed by atoms with Gasteiger partial charge in [-0.25, -0.2) is 0 Å². The van der Waals surface area contributed by atoms with Crippen molar-refractivity contribution in [2.45, 2.75) is 19.9 Å². The molecule has 1 atom stereocenters. The van der Waals surface area contributed by atoms with Crippen LogP contribution in [-0.4, -0.2) is 17.1 Å². The smallest absolute Gasteiger partial charge is 0.320 e. The van der Waals surface area contributed by atoms with Crippen molar-refractivity contribution < 1.29 is 14.3 Å². The molecule has 1 aromatic carbocycles. The minimum absolute atomic E-state index is 0.0208. The highest BCUT2D eigenvalue weighted by Gasteiger charge is 2.14. The summed E-state index contributed by atoms with van der Waals surface area (Å²) in [6, 6.07) is 7.34. The fraction of sp³-hybridized carbons (Fsp3) is 0.308. The van der Waals surface area contributed by atoms with Crippen LogP contribution in [0.25, 0.3) is 10.8 Å². The van der Waals surface area contributed by atoms with Gasteiger partial charge in [-0.15, -0.1) is 0 Å². The number of hydrogen-bond donors (Lipinski definition) is 2. The van der Waals surface area contributed by atoms with E-state index in [1.807, 2.05) is 24.3 Å². The summed E-state index contributed by atoms with van der Waals surface area (Å²) in [5.41, 5.74) is 5.16. The number of nitrogens with two attached hydrogens (primary N) is 1. The molecule has 3 N–H and O–H groups in total. The average molecular weight is 235 g/mol. The fourth-order valence-electron chi connectivity index (χ4n) is 1.19. The van der Waals surface area contributed by atoms with Gasteiger partial charge in [0.2, 0.25) is 0 Å². The molecule has 0 spiro atoms. The minimum Gasteiger partial charge on any atom is -0.480 e. The van der Waals surface area contributed by atoms with Crippen LogP contribution in [0.1, 0.15) is 13.8 Å². The van der Waals surface area contributed by atoms with Gasteiger partial charge in [-0.3, -0.25) is 4.79 Å². The van der Waals surface area contributed by atoms with Gasteiger partial charge >= 0.3 is 5.97 Å². The normalized spacial score (nSPS) is 12.0. The molecule has 0 bridgehead atoms. The Morgan fingerprint density at radius 2 is 1.71 bits per heavy atom. The van der Waals surface area contributed by atoms with Gasteiger partial charge in [-0.2, -0.15) is 0 Å². The van der Waals surface area contributed by atoms with Crippen LogP contribution in [0.3, 0.4) is 0 Å². The van der Waals surface area contributed by atoms with E-state index in [1.54, 1.807) is 26.4 Å². The van der Waals surface area contributed by atoms with Crippen molar-refractivity contribution in [2.24, 2.45) is 11.7 Å². The lowest BCUT2D eigenvalue weighted by Crippen LogP contribution is -2.34. The molecule has 17 heavy (non-hydrogen) atoms. The lowest BCUT2D eigenvalue weighted by molar-refractivity contribution is -0.139. The Hall–Kier alpha value is -1.81. The Kier molecular flexibility index (Phi) is 4.72. The van der Waals surface area contributed by atoms with Gasteiger partial charge in [-0.1, -0.05) is 38.1 Å². The monoisotopic (exact) mass is 235 g/mol. The SMILES string of the molecule is CC(C)[C@H](N)C(=O)O.c1ccc2cocc2c1. The lowest BCUT2D eigenvalue weighted by Gasteiger charge is -2.07. The van der Waals surface area contributed by atoms with E-state index in [0.717, 1.165) is 10.8 Å². The van der Waals surface area contributed by atoms with E-state index >= 15 is 0 Å². The standard InChI is InChI=1S/C8H6O.C5H11NO2/c1-2-4-8-6-9-5-7(8)3-1;1-3(2)4(6)5(7)8/h1-6H;3-4H,6H2,1-2H3,(H,7,8)/t;4-/m.0/s1. The maximum atomic E-state index is 10.0. The maximum Gasteiger partial charge on any atom is 0.320 e. The van der Waals surface area contributed by atoms with Gasteiger partial charge < -0.3 is 15.3 Å². The third-order valence-electron chi connectivity index (χ3n) is 2.39. The number of fused-ring (bicyclic) bond motifs is 1. The second kappa shape index (κ2) is 6.06. The zero-order valence-electron chi connectivity index (χ0n) is 9.96. The summed E-state index contributed by atoms with van der Waals surface area (Å²) < 4.78 is 4.96. The summed E-state index contributed by atoms with van der Waals surface area (Å²) in [7, 11) is 0. The highest BCUT2D eigenvalue weighted by molar-refractivity contribution is 5.80. The van der Waals surface area contributed by atoms with Crippen molar-refractivity contribution in [3.63, 3.8) is 0 Å². The van der Waals surface area contributed by atoms with Crippen molar-refractivity contribution >= 4 is 16.7 Å². The molecule has 0 unspecified atom stereocenters. The Balaban J connectivity index is 0.000000172. The molecular formula is C13H17NO3. The highest BCUT2D eigenvalue weighted by Crippen LogP contribution is 2.12. The zero-order valence-corrected chi connectivity index (χ0v) is 9.96. The van der Waals surface area contributed by atoms with E-state index in [4.69, 9.17) is 15.3 Å². The van der Waals surface area contributed by atoms with E-state index in [9.17, 15) is 4.79 Å². The molecule has 2 aromatic rings. The molecule has 0 fully saturated rings. The molecule has 0 saturated heterocycles. The number of carboxylic acid groups (broad SMARTS) is 1. The third-order valence-corrected chi connectivity index (χ3v) is 2.39. The molecule has 2 rings (SSSR count). The van der Waals surface area contributed by atoms with Gasteiger partial charge in [0.05, 0.1) is 12.5 Å². The van der Waals surface area contributed by atoms with Gasteiger partial charge in [0.1, 0.15) is 6.04 Å². The number of furan rings is 1. The van der Waals surface area contributed by atoms with Crippen LogP contribution in [0.15, 0.2) is 41.2 Å². The first-order valence-corrected chi connectivity index (χ1v) is 5.41. The molecule has 1 heterocycles. The van der Waals surface area contributed by atoms with E-state index in [0.29, 0.717) is 0 Å². The average Bonchev–Trinajstić information content (AvgIpc) is 2.76. The van der Waals surface area contributed by atoms with Crippen LogP contribution >= 0.6 is 0 Å². The van der Waals surface area contributed by atoms with E-state index in [1.165, 1.54) is 0 Å².